The normalized spacial score (nSPS) is 26.0. The van der Waals surface area contributed by atoms with E-state index in [0.717, 1.165) is 44.2 Å². The van der Waals surface area contributed by atoms with E-state index in [0.29, 0.717) is 6.54 Å². The van der Waals surface area contributed by atoms with Crippen LogP contribution >= 0.6 is 11.8 Å². The minimum absolute atomic E-state index is 0.00625. The molecule has 2 fully saturated rings. The predicted octanol–water partition coefficient (Wildman–Crippen LogP) is -0.292. The molecule has 2 saturated heterocycles. The van der Waals surface area contributed by atoms with E-state index in [1.807, 2.05) is 11.8 Å². The Morgan fingerprint density at radius 3 is 2.91 bits per heavy atom. The number of thioether (sulfide) groups is 1. The maximum atomic E-state index is 12.2. The van der Waals surface area contributed by atoms with Gasteiger partial charge in [-0.15, -0.1) is 0 Å². The molecule has 7 nitrogen and oxygen atoms in total. The lowest BCUT2D eigenvalue weighted by atomic mass is 9.95. The Morgan fingerprint density at radius 1 is 1.45 bits per heavy atom. The molecule has 3 rings (SSSR count). The molecule has 0 aliphatic carbocycles. The van der Waals surface area contributed by atoms with Crippen molar-refractivity contribution >= 4 is 17.7 Å². The number of rotatable bonds is 4. The van der Waals surface area contributed by atoms with Gasteiger partial charge in [-0.05, 0) is 18.2 Å². The van der Waals surface area contributed by atoms with Gasteiger partial charge in [0.15, 0.2) is 0 Å². The van der Waals surface area contributed by atoms with Gasteiger partial charge in [-0.2, -0.15) is 16.9 Å². The summed E-state index contributed by atoms with van der Waals surface area (Å²) in [5.74, 6) is 1.89. The summed E-state index contributed by atoms with van der Waals surface area (Å²) in [6.07, 6.45) is 1.07. The predicted molar refractivity (Wildman–Crippen MR) is 84.3 cm³/mol. The third kappa shape index (κ3) is 3.34. The molecule has 1 atom stereocenters. The van der Waals surface area contributed by atoms with Crippen molar-refractivity contribution in [1.82, 2.24) is 20.4 Å². The van der Waals surface area contributed by atoms with Gasteiger partial charge in [0.2, 0.25) is 0 Å². The number of carbonyl (C=O) groups excluding carboxylic acids is 1. The highest BCUT2D eigenvalue weighted by Crippen LogP contribution is 2.33. The monoisotopic (exact) mass is 324 g/mol. The van der Waals surface area contributed by atoms with E-state index in [2.05, 4.69) is 20.4 Å². The van der Waals surface area contributed by atoms with Crippen LogP contribution in [0.2, 0.25) is 0 Å². The van der Waals surface area contributed by atoms with Crippen molar-refractivity contribution in [2.45, 2.75) is 12.0 Å². The van der Waals surface area contributed by atoms with Crippen molar-refractivity contribution in [3.05, 3.63) is 28.2 Å². The molecule has 0 aromatic carbocycles. The molecule has 2 aliphatic heterocycles. The third-order valence-corrected chi connectivity index (χ3v) is 5.49. The molecule has 2 N–H and O–H groups in total. The van der Waals surface area contributed by atoms with Crippen molar-refractivity contribution < 1.29 is 9.53 Å². The molecule has 1 amide bonds. The maximum Gasteiger partial charge on any atom is 0.271 e. The first-order valence-electron chi connectivity index (χ1n) is 7.44. The molecule has 22 heavy (non-hydrogen) atoms. The number of aromatic nitrogens is 2. The van der Waals surface area contributed by atoms with Gasteiger partial charge in [0.1, 0.15) is 5.69 Å². The first-order valence-corrected chi connectivity index (χ1v) is 8.60. The number of carbonyl (C=O) groups is 1. The van der Waals surface area contributed by atoms with Crippen LogP contribution in [0.5, 0.6) is 0 Å². The number of amides is 1. The number of aromatic amines is 1. The van der Waals surface area contributed by atoms with Crippen LogP contribution in [0, 0.1) is 0 Å². The second-order valence-electron chi connectivity index (χ2n) is 5.62. The quantitative estimate of drug-likeness (QED) is 0.791. The summed E-state index contributed by atoms with van der Waals surface area (Å²) in [7, 11) is 0. The van der Waals surface area contributed by atoms with E-state index in [1.54, 1.807) is 0 Å². The minimum Gasteiger partial charge on any atom is -0.379 e. The first kappa shape index (κ1) is 15.5. The Hall–Kier alpha value is -1.38. The van der Waals surface area contributed by atoms with E-state index >= 15 is 0 Å². The lowest BCUT2D eigenvalue weighted by Crippen LogP contribution is -2.59. The SMILES string of the molecule is O=C(NC[C@]1(N2CCOCC2)CCSC1)c1ccc(=O)[nH]n1. The molecule has 0 radical (unpaired) electrons. The molecular formula is C14H20N4O3S. The summed E-state index contributed by atoms with van der Waals surface area (Å²) in [5.41, 5.74) is -0.0670. The minimum atomic E-state index is -0.312. The van der Waals surface area contributed by atoms with Crippen molar-refractivity contribution in [1.29, 1.82) is 0 Å². The average molecular weight is 324 g/mol. The molecule has 3 heterocycles. The van der Waals surface area contributed by atoms with E-state index in [9.17, 15) is 9.59 Å². The van der Waals surface area contributed by atoms with Crippen molar-refractivity contribution in [2.75, 3.05) is 44.4 Å². The summed E-state index contributed by atoms with van der Waals surface area (Å²) >= 11 is 1.93. The van der Waals surface area contributed by atoms with Gasteiger partial charge in [-0.25, -0.2) is 5.10 Å². The lowest BCUT2D eigenvalue weighted by molar-refractivity contribution is -0.0129. The van der Waals surface area contributed by atoms with Crippen LogP contribution in [0.1, 0.15) is 16.9 Å². The number of morpholine rings is 1. The summed E-state index contributed by atoms with van der Waals surface area (Å²) < 4.78 is 5.43. The molecule has 2 aliphatic rings. The molecule has 0 bridgehead atoms. The van der Waals surface area contributed by atoms with Crippen molar-refractivity contribution in [3.63, 3.8) is 0 Å². The molecular weight excluding hydrogens is 304 g/mol. The zero-order valence-corrected chi connectivity index (χ0v) is 13.2. The molecule has 1 aromatic heterocycles. The van der Waals surface area contributed by atoms with Gasteiger partial charge in [0, 0.05) is 37.0 Å². The highest BCUT2D eigenvalue weighted by molar-refractivity contribution is 7.99. The van der Waals surface area contributed by atoms with Crippen LogP contribution in [0.4, 0.5) is 0 Å². The standard InChI is InChI=1S/C14H20N4O3S/c19-12-2-1-11(16-17-12)13(20)15-9-14(3-8-22-10-14)18-4-6-21-7-5-18/h1-2H,3-10H2,(H,15,20)(H,17,19)/t14-/m1/s1. The van der Waals surface area contributed by atoms with Gasteiger partial charge in [0.05, 0.1) is 13.2 Å². The summed E-state index contributed by atoms with van der Waals surface area (Å²) in [4.78, 5) is 25.6. The van der Waals surface area contributed by atoms with E-state index in [4.69, 9.17) is 4.74 Å². The number of ether oxygens (including phenoxy) is 1. The lowest BCUT2D eigenvalue weighted by Gasteiger charge is -2.43. The van der Waals surface area contributed by atoms with Crippen LogP contribution < -0.4 is 10.9 Å². The zero-order valence-electron chi connectivity index (χ0n) is 12.3. The summed E-state index contributed by atoms with van der Waals surface area (Å²) in [6, 6.07) is 2.75. The van der Waals surface area contributed by atoms with Crippen LogP contribution in [0.25, 0.3) is 0 Å². The molecule has 0 spiro atoms. The first-order chi connectivity index (χ1) is 10.7. The smallest absolute Gasteiger partial charge is 0.271 e. The van der Waals surface area contributed by atoms with E-state index in [-0.39, 0.29) is 22.7 Å². The number of H-pyrrole nitrogens is 1. The van der Waals surface area contributed by atoms with Gasteiger partial charge in [-0.3, -0.25) is 14.5 Å². The Bertz CT molecular complexity index is 559. The Labute approximate surface area is 132 Å². The molecule has 0 unspecified atom stereocenters. The van der Waals surface area contributed by atoms with Crippen LogP contribution in [0.3, 0.4) is 0 Å². The molecule has 1 aromatic rings. The number of nitrogens with one attached hydrogen (secondary N) is 2. The number of hydrogen-bond acceptors (Lipinski definition) is 6. The van der Waals surface area contributed by atoms with E-state index < -0.39 is 0 Å². The van der Waals surface area contributed by atoms with Gasteiger partial charge >= 0.3 is 0 Å². The van der Waals surface area contributed by atoms with Crippen molar-refractivity contribution in [2.24, 2.45) is 0 Å². The Balaban J connectivity index is 1.65. The Morgan fingerprint density at radius 2 is 2.27 bits per heavy atom. The maximum absolute atomic E-state index is 12.2. The largest absolute Gasteiger partial charge is 0.379 e. The van der Waals surface area contributed by atoms with Crippen LogP contribution in [-0.4, -0.2) is 70.9 Å². The second kappa shape index (κ2) is 6.80. The molecule has 8 heteroatoms. The highest BCUT2D eigenvalue weighted by Gasteiger charge is 2.40. The topological polar surface area (TPSA) is 87.3 Å². The van der Waals surface area contributed by atoms with Crippen LogP contribution in [-0.2, 0) is 4.74 Å². The third-order valence-electron chi connectivity index (χ3n) is 4.25. The van der Waals surface area contributed by atoms with Crippen molar-refractivity contribution in [3.8, 4) is 0 Å². The average Bonchev–Trinajstić information content (AvgIpc) is 3.04. The molecule has 120 valence electrons. The summed E-state index contributed by atoms with van der Waals surface area (Å²) in [5, 5.41) is 9.03. The van der Waals surface area contributed by atoms with Gasteiger partial charge in [-0.1, -0.05) is 0 Å². The van der Waals surface area contributed by atoms with E-state index in [1.165, 1.54) is 12.1 Å². The molecule has 0 saturated carbocycles. The zero-order chi connectivity index (χ0) is 15.4. The fraction of sp³-hybridized carbons (Fsp3) is 0.643. The second-order valence-corrected chi connectivity index (χ2v) is 6.72. The van der Waals surface area contributed by atoms with Gasteiger partial charge < -0.3 is 10.1 Å². The number of nitrogens with zero attached hydrogens (tertiary/aromatic N) is 2. The van der Waals surface area contributed by atoms with Crippen LogP contribution in [0.15, 0.2) is 16.9 Å². The number of hydrogen-bond donors (Lipinski definition) is 2. The van der Waals surface area contributed by atoms with Gasteiger partial charge in [0.25, 0.3) is 11.5 Å². The fourth-order valence-electron chi connectivity index (χ4n) is 2.94. The highest BCUT2D eigenvalue weighted by atomic mass is 32.2. The fourth-order valence-corrected chi connectivity index (χ4v) is 4.42. The Kier molecular flexibility index (Phi) is 4.80. The summed E-state index contributed by atoms with van der Waals surface area (Å²) in [6.45, 7) is 3.92.